The molecule has 1 aliphatic rings. The van der Waals surface area contributed by atoms with Crippen LogP contribution in [-0.4, -0.2) is 28.7 Å². The number of ketones is 2. The third kappa shape index (κ3) is 2.38. The quantitative estimate of drug-likeness (QED) is 0.567. The van der Waals surface area contributed by atoms with Gasteiger partial charge in [-0.1, -0.05) is 42.5 Å². The van der Waals surface area contributed by atoms with Crippen LogP contribution in [0.5, 0.6) is 0 Å². The van der Waals surface area contributed by atoms with Crippen molar-refractivity contribution >= 4 is 23.4 Å². The third-order valence-corrected chi connectivity index (χ3v) is 4.56. The normalized spacial score (nSPS) is 12.5. The van der Waals surface area contributed by atoms with Gasteiger partial charge in [0.15, 0.2) is 5.78 Å². The Morgan fingerprint density at radius 1 is 0.963 bits per heavy atom. The molecule has 6 heteroatoms. The number of nitrogens with zero attached hydrogens (tertiary/aromatic N) is 1. The molecule has 27 heavy (non-hydrogen) atoms. The Bertz CT molecular complexity index is 1100. The molecule has 4 rings (SSSR count). The standard InChI is InChI=1S/C21H16N2O4/c1-2-27-21(26)16-15-17(23(20(16)22)12-8-4-3-5-9-12)19(25)14-11-7-6-10-13(14)18(15)24/h3-11H,2,22H2,1H3. The van der Waals surface area contributed by atoms with E-state index >= 15 is 0 Å². The van der Waals surface area contributed by atoms with Crippen LogP contribution in [0, 0.1) is 0 Å². The summed E-state index contributed by atoms with van der Waals surface area (Å²) in [4.78, 5) is 38.9. The van der Waals surface area contributed by atoms with Gasteiger partial charge in [0.1, 0.15) is 17.1 Å². The van der Waals surface area contributed by atoms with Gasteiger partial charge in [0, 0.05) is 16.8 Å². The molecule has 2 N–H and O–H groups in total. The zero-order valence-electron chi connectivity index (χ0n) is 14.6. The van der Waals surface area contributed by atoms with Crippen molar-refractivity contribution in [1.82, 2.24) is 4.57 Å². The van der Waals surface area contributed by atoms with Crippen molar-refractivity contribution in [1.29, 1.82) is 0 Å². The van der Waals surface area contributed by atoms with E-state index in [1.165, 1.54) is 4.57 Å². The molecule has 2 aromatic carbocycles. The summed E-state index contributed by atoms with van der Waals surface area (Å²) in [7, 11) is 0. The maximum absolute atomic E-state index is 13.2. The smallest absolute Gasteiger partial charge is 0.342 e. The van der Waals surface area contributed by atoms with Crippen molar-refractivity contribution in [2.75, 3.05) is 12.3 Å². The molecule has 0 aliphatic heterocycles. The van der Waals surface area contributed by atoms with Gasteiger partial charge in [-0.25, -0.2) is 4.79 Å². The fourth-order valence-electron chi connectivity index (χ4n) is 3.42. The first kappa shape index (κ1) is 16.8. The largest absolute Gasteiger partial charge is 0.462 e. The summed E-state index contributed by atoms with van der Waals surface area (Å²) in [5.74, 6) is -1.48. The van der Waals surface area contributed by atoms with Gasteiger partial charge < -0.3 is 10.5 Å². The maximum Gasteiger partial charge on any atom is 0.342 e. The van der Waals surface area contributed by atoms with Gasteiger partial charge in [0.25, 0.3) is 0 Å². The lowest BCUT2D eigenvalue weighted by Crippen LogP contribution is -2.23. The minimum atomic E-state index is -0.721. The van der Waals surface area contributed by atoms with Crippen LogP contribution in [0.1, 0.15) is 49.3 Å². The highest BCUT2D eigenvalue weighted by molar-refractivity contribution is 6.31. The summed E-state index contributed by atoms with van der Waals surface area (Å²) in [6.07, 6.45) is 0. The van der Waals surface area contributed by atoms with E-state index in [0.717, 1.165) is 0 Å². The number of ether oxygens (including phenoxy) is 1. The molecule has 0 saturated heterocycles. The second-order valence-electron chi connectivity index (χ2n) is 6.08. The molecule has 0 bridgehead atoms. The third-order valence-electron chi connectivity index (χ3n) is 4.56. The summed E-state index contributed by atoms with van der Waals surface area (Å²) >= 11 is 0. The number of carbonyl (C=O) groups is 3. The minimum absolute atomic E-state index is 0.00139. The lowest BCUT2D eigenvalue weighted by atomic mass is 9.86. The van der Waals surface area contributed by atoms with E-state index in [-0.39, 0.29) is 40.6 Å². The van der Waals surface area contributed by atoms with Crippen molar-refractivity contribution in [3.05, 3.63) is 82.5 Å². The predicted octanol–water partition coefficient (Wildman–Crippen LogP) is 3.01. The first-order valence-electron chi connectivity index (χ1n) is 8.51. The van der Waals surface area contributed by atoms with Crippen LogP contribution in [0.3, 0.4) is 0 Å². The number of anilines is 1. The number of para-hydroxylation sites is 1. The first-order chi connectivity index (χ1) is 13.1. The average molecular weight is 360 g/mol. The number of nitrogen functional groups attached to an aromatic ring is 1. The molecule has 0 radical (unpaired) electrons. The number of carbonyl (C=O) groups excluding carboxylic acids is 3. The molecule has 0 spiro atoms. The summed E-state index contributed by atoms with van der Waals surface area (Å²) in [5, 5.41) is 0. The van der Waals surface area contributed by atoms with Crippen LogP contribution in [-0.2, 0) is 4.74 Å². The predicted molar refractivity (Wildman–Crippen MR) is 99.4 cm³/mol. The van der Waals surface area contributed by atoms with Gasteiger partial charge in [0.05, 0.1) is 12.2 Å². The molecule has 1 aromatic heterocycles. The van der Waals surface area contributed by atoms with Crippen LogP contribution < -0.4 is 5.73 Å². The Morgan fingerprint density at radius 2 is 1.56 bits per heavy atom. The van der Waals surface area contributed by atoms with Gasteiger partial charge in [-0.3, -0.25) is 14.2 Å². The molecule has 0 fully saturated rings. The lowest BCUT2D eigenvalue weighted by Gasteiger charge is -2.17. The van der Waals surface area contributed by atoms with Crippen LogP contribution >= 0.6 is 0 Å². The summed E-state index contributed by atoms with van der Waals surface area (Å²) in [6, 6.07) is 15.4. The Labute approximate surface area is 155 Å². The summed E-state index contributed by atoms with van der Waals surface area (Å²) in [6.45, 7) is 1.79. The van der Waals surface area contributed by atoms with E-state index in [4.69, 9.17) is 10.5 Å². The first-order valence-corrected chi connectivity index (χ1v) is 8.51. The molecular weight excluding hydrogens is 344 g/mol. The van der Waals surface area contributed by atoms with Crippen LogP contribution in [0.25, 0.3) is 5.69 Å². The molecular formula is C21H16N2O4. The molecule has 0 amide bonds. The Kier molecular flexibility index (Phi) is 3.88. The zero-order valence-corrected chi connectivity index (χ0v) is 14.6. The molecule has 134 valence electrons. The van der Waals surface area contributed by atoms with E-state index in [9.17, 15) is 14.4 Å². The van der Waals surface area contributed by atoms with Crippen molar-refractivity contribution in [3.63, 3.8) is 0 Å². The number of nitrogens with two attached hydrogens (primary N) is 1. The van der Waals surface area contributed by atoms with Crippen LogP contribution in [0.4, 0.5) is 5.82 Å². The van der Waals surface area contributed by atoms with Crippen molar-refractivity contribution in [2.24, 2.45) is 0 Å². The maximum atomic E-state index is 13.2. The number of fused-ring (bicyclic) bond motifs is 2. The Hall–Kier alpha value is -3.67. The lowest BCUT2D eigenvalue weighted by molar-refractivity contribution is 0.0525. The van der Waals surface area contributed by atoms with E-state index in [0.29, 0.717) is 11.3 Å². The van der Waals surface area contributed by atoms with E-state index in [1.807, 2.05) is 6.07 Å². The molecule has 1 heterocycles. The highest BCUT2D eigenvalue weighted by Crippen LogP contribution is 2.37. The number of hydrogen-bond donors (Lipinski definition) is 1. The Morgan fingerprint density at radius 3 is 2.19 bits per heavy atom. The van der Waals surface area contributed by atoms with Gasteiger partial charge in [-0.05, 0) is 19.1 Å². The molecule has 1 aliphatic carbocycles. The molecule has 3 aromatic rings. The van der Waals surface area contributed by atoms with E-state index < -0.39 is 11.8 Å². The van der Waals surface area contributed by atoms with Gasteiger partial charge in [-0.2, -0.15) is 0 Å². The van der Waals surface area contributed by atoms with Crippen LogP contribution in [0.15, 0.2) is 54.6 Å². The highest BCUT2D eigenvalue weighted by Gasteiger charge is 2.40. The summed E-state index contributed by atoms with van der Waals surface area (Å²) in [5.41, 5.74) is 7.42. The number of esters is 1. The van der Waals surface area contributed by atoms with Gasteiger partial charge in [-0.15, -0.1) is 0 Å². The average Bonchev–Trinajstić information content (AvgIpc) is 3.00. The molecule has 0 saturated carbocycles. The minimum Gasteiger partial charge on any atom is -0.462 e. The SMILES string of the molecule is CCOC(=O)c1c2c(n(-c3ccccc3)c1N)C(=O)c1ccccc1C2=O. The van der Waals surface area contributed by atoms with E-state index in [2.05, 4.69) is 0 Å². The second-order valence-corrected chi connectivity index (χ2v) is 6.08. The number of rotatable bonds is 3. The molecule has 6 nitrogen and oxygen atoms in total. The van der Waals surface area contributed by atoms with E-state index in [1.54, 1.807) is 55.5 Å². The second kappa shape index (κ2) is 6.25. The van der Waals surface area contributed by atoms with Crippen molar-refractivity contribution in [2.45, 2.75) is 6.92 Å². The molecule has 0 atom stereocenters. The number of aromatic nitrogens is 1. The Balaban J connectivity index is 2.08. The number of benzene rings is 2. The van der Waals surface area contributed by atoms with Gasteiger partial charge in [0.2, 0.25) is 5.78 Å². The van der Waals surface area contributed by atoms with Crippen molar-refractivity contribution in [3.8, 4) is 5.69 Å². The van der Waals surface area contributed by atoms with Crippen LogP contribution in [0.2, 0.25) is 0 Å². The summed E-state index contributed by atoms with van der Waals surface area (Å²) < 4.78 is 6.56. The van der Waals surface area contributed by atoms with Crippen molar-refractivity contribution < 1.29 is 19.1 Å². The zero-order chi connectivity index (χ0) is 19.1. The highest BCUT2D eigenvalue weighted by atomic mass is 16.5. The molecule has 0 unspecified atom stereocenters. The fourth-order valence-corrected chi connectivity index (χ4v) is 3.42. The number of hydrogen-bond acceptors (Lipinski definition) is 5. The monoisotopic (exact) mass is 360 g/mol. The topological polar surface area (TPSA) is 91.4 Å². The fraction of sp³-hybridized carbons (Fsp3) is 0.0952. The van der Waals surface area contributed by atoms with Gasteiger partial charge >= 0.3 is 5.97 Å².